The molecule has 2 aromatic carbocycles. The number of nitrogens with zero attached hydrogens (tertiary/aromatic N) is 1. The highest BCUT2D eigenvalue weighted by Gasteiger charge is 2.23. The van der Waals surface area contributed by atoms with Gasteiger partial charge in [-0.15, -0.1) is 0 Å². The number of phenols is 1. The second-order valence-electron chi connectivity index (χ2n) is 8.89. The summed E-state index contributed by atoms with van der Waals surface area (Å²) in [7, 11) is 0. The molecule has 0 unspecified atom stereocenters. The van der Waals surface area contributed by atoms with E-state index in [9.17, 15) is 9.90 Å². The van der Waals surface area contributed by atoms with Gasteiger partial charge >= 0.3 is 5.97 Å². The molecular formula is C24H30N2O3. The number of aromatic hydroxyl groups is 1. The predicted molar refractivity (Wildman–Crippen MR) is 117 cm³/mol. The molecule has 4 N–H and O–H groups in total. The maximum Gasteiger partial charge on any atom is 0.335 e. The maximum atomic E-state index is 11.1. The van der Waals surface area contributed by atoms with E-state index in [-0.39, 0.29) is 28.8 Å². The first-order valence-electron chi connectivity index (χ1n) is 10.2. The lowest BCUT2D eigenvalue weighted by Crippen LogP contribution is -2.36. The fourth-order valence-corrected chi connectivity index (χ4v) is 3.80. The van der Waals surface area contributed by atoms with Gasteiger partial charge in [0.2, 0.25) is 0 Å². The van der Waals surface area contributed by atoms with Crippen LogP contribution in [-0.4, -0.2) is 34.5 Å². The van der Waals surface area contributed by atoms with Gasteiger partial charge in [0.1, 0.15) is 5.75 Å². The fraction of sp³-hybridized carbons (Fsp3) is 0.417. The Balaban J connectivity index is 2.03. The summed E-state index contributed by atoms with van der Waals surface area (Å²) < 4.78 is 0. The molecule has 0 aromatic heterocycles. The molecular weight excluding hydrogens is 364 g/mol. The van der Waals surface area contributed by atoms with Crippen LogP contribution in [0.1, 0.15) is 67.9 Å². The van der Waals surface area contributed by atoms with Crippen LogP contribution in [0.15, 0.2) is 41.4 Å². The van der Waals surface area contributed by atoms with E-state index in [2.05, 4.69) is 20.8 Å². The zero-order valence-corrected chi connectivity index (χ0v) is 17.4. The second-order valence-corrected chi connectivity index (χ2v) is 8.89. The van der Waals surface area contributed by atoms with Gasteiger partial charge in [0, 0.05) is 23.4 Å². The minimum absolute atomic E-state index is 0.0657. The minimum Gasteiger partial charge on any atom is -0.507 e. The van der Waals surface area contributed by atoms with Crippen molar-refractivity contribution in [2.45, 2.75) is 64.0 Å². The smallest absolute Gasteiger partial charge is 0.335 e. The fourth-order valence-electron chi connectivity index (χ4n) is 3.80. The van der Waals surface area contributed by atoms with Gasteiger partial charge in [-0.25, -0.2) is 4.79 Å². The number of carbonyl (C=O) groups is 1. The molecule has 0 aliphatic heterocycles. The van der Waals surface area contributed by atoms with Crippen molar-refractivity contribution in [1.29, 1.82) is 0 Å². The Morgan fingerprint density at radius 2 is 1.76 bits per heavy atom. The number of phenolic OH excluding ortho intramolecular Hbond substituents is 1. The van der Waals surface area contributed by atoms with Gasteiger partial charge in [-0.05, 0) is 53.6 Å². The van der Waals surface area contributed by atoms with Crippen LogP contribution in [0.2, 0.25) is 0 Å². The number of rotatable bonds is 4. The van der Waals surface area contributed by atoms with Crippen LogP contribution in [0.4, 0.5) is 0 Å². The molecule has 0 amide bonds. The molecule has 3 rings (SSSR count). The Bertz CT molecular complexity index is 911. The number of hydrogen-bond donors (Lipinski definition) is 3. The van der Waals surface area contributed by atoms with Crippen molar-refractivity contribution >= 4 is 12.2 Å². The highest BCUT2D eigenvalue weighted by atomic mass is 16.4. The molecule has 1 aliphatic carbocycles. The molecule has 29 heavy (non-hydrogen) atoms. The van der Waals surface area contributed by atoms with Gasteiger partial charge in [-0.3, -0.25) is 4.99 Å². The number of carboxylic acids is 1. The number of hydrogen-bond acceptors (Lipinski definition) is 4. The van der Waals surface area contributed by atoms with Crippen molar-refractivity contribution < 1.29 is 15.0 Å². The summed E-state index contributed by atoms with van der Waals surface area (Å²) in [5, 5.41) is 20.0. The minimum atomic E-state index is -0.950. The van der Waals surface area contributed by atoms with Gasteiger partial charge in [0.25, 0.3) is 0 Å². The Morgan fingerprint density at radius 1 is 1.10 bits per heavy atom. The molecule has 0 radical (unpaired) electrons. The molecule has 154 valence electrons. The third-order valence-corrected chi connectivity index (χ3v) is 5.60. The highest BCUT2D eigenvalue weighted by Crippen LogP contribution is 2.37. The molecule has 1 fully saturated rings. The number of nitrogens with two attached hydrogens (primary N) is 1. The van der Waals surface area contributed by atoms with Crippen molar-refractivity contribution in [3.05, 3.63) is 53.1 Å². The Kier molecular flexibility index (Phi) is 6.08. The zero-order chi connectivity index (χ0) is 21.2. The predicted octanol–water partition coefficient (Wildman–Crippen LogP) is 4.74. The van der Waals surface area contributed by atoms with Gasteiger partial charge < -0.3 is 15.9 Å². The summed E-state index contributed by atoms with van der Waals surface area (Å²) in [5.41, 5.74) is 9.50. The first kappa shape index (κ1) is 21.1. The van der Waals surface area contributed by atoms with E-state index in [1.54, 1.807) is 30.5 Å². The van der Waals surface area contributed by atoms with Crippen molar-refractivity contribution in [3.8, 4) is 16.9 Å². The number of carboxylic acid groups (broad SMARTS) is 1. The number of aromatic carboxylic acids is 1. The van der Waals surface area contributed by atoms with Crippen LogP contribution in [0.3, 0.4) is 0 Å². The molecule has 5 nitrogen and oxygen atoms in total. The topological polar surface area (TPSA) is 95.9 Å². The van der Waals surface area contributed by atoms with Gasteiger partial charge in [-0.2, -0.15) is 0 Å². The monoisotopic (exact) mass is 394 g/mol. The van der Waals surface area contributed by atoms with Crippen LogP contribution < -0.4 is 5.73 Å². The molecule has 1 saturated carbocycles. The van der Waals surface area contributed by atoms with Crippen LogP contribution in [0, 0.1) is 0 Å². The summed E-state index contributed by atoms with van der Waals surface area (Å²) in [6.07, 6.45) is 5.98. The normalized spacial score (nSPS) is 20.1. The van der Waals surface area contributed by atoms with E-state index in [0.29, 0.717) is 5.56 Å². The standard InChI is InChI=1S/C24H30N2O3/c1-24(2,3)19-13-17(15-8-10-16(11-9-15)23(28)29)12-18(22(19)27)14-26-21-7-5-4-6-20(21)25/h8-14,20-21,27H,4-7,25H2,1-3H3,(H,28,29)/t20-,21-/m1/s1. The second kappa shape index (κ2) is 8.37. The van der Waals surface area contributed by atoms with E-state index in [1.807, 2.05) is 12.1 Å². The summed E-state index contributed by atoms with van der Waals surface area (Å²) in [4.78, 5) is 15.8. The molecule has 5 heteroatoms. The maximum absolute atomic E-state index is 11.1. The van der Waals surface area contributed by atoms with E-state index in [0.717, 1.165) is 42.4 Å². The van der Waals surface area contributed by atoms with E-state index < -0.39 is 5.97 Å². The molecule has 0 heterocycles. The summed E-state index contributed by atoms with van der Waals surface area (Å²) >= 11 is 0. The van der Waals surface area contributed by atoms with Crippen LogP contribution in [0.5, 0.6) is 5.75 Å². The van der Waals surface area contributed by atoms with Gasteiger partial charge in [-0.1, -0.05) is 45.7 Å². The SMILES string of the molecule is CC(C)(C)c1cc(-c2ccc(C(=O)O)cc2)cc(C=N[C@@H]2CCCC[C@H]2N)c1O. The Labute approximate surface area is 172 Å². The summed E-state index contributed by atoms with van der Waals surface area (Å²) in [6.45, 7) is 6.16. The Hall–Kier alpha value is -2.66. The average molecular weight is 395 g/mol. The number of benzene rings is 2. The third-order valence-electron chi connectivity index (χ3n) is 5.60. The van der Waals surface area contributed by atoms with Crippen molar-refractivity contribution in [1.82, 2.24) is 0 Å². The lowest BCUT2D eigenvalue weighted by atomic mass is 9.83. The van der Waals surface area contributed by atoms with E-state index in [4.69, 9.17) is 15.8 Å². The lowest BCUT2D eigenvalue weighted by Gasteiger charge is -2.25. The first-order valence-corrected chi connectivity index (χ1v) is 10.2. The molecule has 2 atom stereocenters. The molecule has 0 bridgehead atoms. The molecule has 0 saturated heterocycles. The zero-order valence-electron chi connectivity index (χ0n) is 17.4. The first-order chi connectivity index (χ1) is 13.7. The summed E-state index contributed by atoms with van der Waals surface area (Å²) in [5.74, 6) is -0.717. The van der Waals surface area contributed by atoms with Gasteiger partial charge in [0.15, 0.2) is 0 Å². The van der Waals surface area contributed by atoms with Gasteiger partial charge in [0.05, 0.1) is 11.6 Å². The number of aliphatic imine (C=N–C) groups is 1. The van der Waals surface area contributed by atoms with Crippen LogP contribution in [0.25, 0.3) is 11.1 Å². The van der Waals surface area contributed by atoms with Crippen LogP contribution >= 0.6 is 0 Å². The highest BCUT2D eigenvalue weighted by molar-refractivity contribution is 5.90. The van der Waals surface area contributed by atoms with E-state index in [1.165, 1.54) is 0 Å². The van der Waals surface area contributed by atoms with E-state index >= 15 is 0 Å². The largest absolute Gasteiger partial charge is 0.507 e. The third kappa shape index (κ3) is 4.85. The molecule has 0 spiro atoms. The van der Waals surface area contributed by atoms with Crippen molar-refractivity contribution in [2.24, 2.45) is 10.7 Å². The summed E-state index contributed by atoms with van der Waals surface area (Å²) in [6, 6.07) is 10.8. The Morgan fingerprint density at radius 3 is 2.34 bits per heavy atom. The molecule has 1 aliphatic rings. The average Bonchev–Trinajstić information content (AvgIpc) is 2.67. The lowest BCUT2D eigenvalue weighted by molar-refractivity contribution is 0.0697. The van der Waals surface area contributed by atoms with Crippen molar-refractivity contribution in [3.63, 3.8) is 0 Å². The van der Waals surface area contributed by atoms with Crippen molar-refractivity contribution in [2.75, 3.05) is 0 Å². The molecule has 2 aromatic rings. The van der Waals surface area contributed by atoms with Crippen LogP contribution in [-0.2, 0) is 5.41 Å². The quantitative estimate of drug-likeness (QED) is 0.652.